The summed E-state index contributed by atoms with van der Waals surface area (Å²) >= 11 is 0. The third kappa shape index (κ3) is 2.58. The molecule has 1 aromatic carbocycles. The van der Waals surface area contributed by atoms with Crippen LogP contribution >= 0.6 is 0 Å². The van der Waals surface area contributed by atoms with Crippen LogP contribution in [0.4, 0.5) is 0 Å². The Kier molecular flexibility index (Phi) is 3.67. The first kappa shape index (κ1) is 16.0. The van der Waals surface area contributed by atoms with Crippen molar-refractivity contribution in [2.24, 2.45) is 0 Å². The van der Waals surface area contributed by atoms with Crippen molar-refractivity contribution in [1.82, 2.24) is 30.3 Å². The van der Waals surface area contributed by atoms with E-state index in [9.17, 15) is 4.79 Å². The molecular formula is C20H20N6O. The molecule has 2 N–H and O–H groups in total. The third-order valence-electron chi connectivity index (χ3n) is 5.37. The Morgan fingerprint density at radius 2 is 1.89 bits per heavy atom. The number of hydrogen-bond acceptors (Lipinski definition) is 4. The van der Waals surface area contributed by atoms with E-state index in [4.69, 9.17) is 4.98 Å². The fraction of sp³-hybridized carbons (Fsp3) is 0.300. The van der Waals surface area contributed by atoms with Gasteiger partial charge in [-0.1, -0.05) is 0 Å². The fourth-order valence-corrected chi connectivity index (χ4v) is 3.94. The van der Waals surface area contributed by atoms with Crippen molar-refractivity contribution in [1.29, 1.82) is 0 Å². The van der Waals surface area contributed by atoms with Crippen LogP contribution < -0.4 is 0 Å². The monoisotopic (exact) mass is 360 g/mol. The Morgan fingerprint density at radius 3 is 2.67 bits per heavy atom. The molecule has 0 bridgehead atoms. The number of aromatic nitrogens is 5. The molecular weight excluding hydrogens is 340 g/mol. The van der Waals surface area contributed by atoms with Crippen LogP contribution in [0.5, 0.6) is 0 Å². The lowest BCUT2D eigenvalue weighted by molar-refractivity contribution is 0.0726. The fourth-order valence-electron chi connectivity index (χ4n) is 3.94. The molecule has 1 saturated heterocycles. The van der Waals surface area contributed by atoms with Crippen LogP contribution in [0.15, 0.2) is 30.6 Å². The summed E-state index contributed by atoms with van der Waals surface area (Å²) in [5.74, 6) is 0.0678. The van der Waals surface area contributed by atoms with Gasteiger partial charge >= 0.3 is 0 Å². The Balaban J connectivity index is 1.77. The molecule has 3 aromatic heterocycles. The van der Waals surface area contributed by atoms with Crippen LogP contribution in [0.25, 0.3) is 33.1 Å². The molecule has 7 heteroatoms. The highest BCUT2D eigenvalue weighted by molar-refractivity contribution is 6.16. The number of nitrogens with zero attached hydrogens (tertiary/aromatic N) is 4. The number of piperidine rings is 1. The summed E-state index contributed by atoms with van der Waals surface area (Å²) in [5, 5.41) is 16.0. The van der Waals surface area contributed by atoms with Gasteiger partial charge in [-0.25, -0.2) is 4.98 Å². The molecule has 0 unspecified atom stereocenters. The molecule has 4 aromatic rings. The smallest absolute Gasteiger partial charge is 0.254 e. The highest BCUT2D eigenvalue weighted by Gasteiger charge is 2.23. The first-order valence-corrected chi connectivity index (χ1v) is 9.29. The Labute approximate surface area is 155 Å². The van der Waals surface area contributed by atoms with Gasteiger partial charge in [0.2, 0.25) is 0 Å². The number of aromatic amines is 2. The van der Waals surface area contributed by atoms with Gasteiger partial charge < -0.3 is 4.90 Å². The van der Waals surface area contributed by atoms with Crippen molar-refractivity contribution in [3.05, 3.63) is 41.9 Å². The topological polar surface area (TPSA) is 90.6 Å². The number of aryl methyl sites for hydroxylation is 1. The number of pyridine rings is 1. The van der Waals surface area contributed by atoms with Gasteiger partial charge in [-0.2, -0.15) is 10.2 Å². The van der Waals surface area contributed by atoms with Crippen LogP contribution in [0.2, 0.25) is 0 Å². The standard InChI is InChI=1S/C20H20N6O/c1-12-14(10-21-24-12)18-9-13(20(27)26-7-3-2-4-8-26)19-15-11-22-25-16(15)5-6-17(19)23-18/h5-6,9-11H,2-4,7-8H2,1H3,(H,21,24)(H,22,25). The van der Waals surface area contributed by atoms with Gasteiger partial charge in [-0.15, -0.1) is 0 Å². The highest BCUT2D eigenvalue weighted by atomic mass is 16.2. The van der Waals surface area contributed by atoms with Gasteiger partial charge in [0.15, 0.2) is 0 Å². The predicted molar refractivity (Wildman–Crippen MR) is 103 cm³/mol. The summed E-state index contributed by atoms with van der Waals surface area (Å²) in [7, 11) is 0. The Bertz CT molecular complexity index is 1150. The average Bonchev–Trinajstić information content (AvgIpc) is 3.35. The summed E-state index contributed by atoms with van der Waals surface area (Å²) in [6.45, 7) is 3.58. The third-order valence-corrected chi connectivity index (χ3v) is 5.37. The summed E-state index contributed by atoms with van der Waals surface area (Å²) < 4.78 is 0. The lowest BCUT2D eigenvalue weighted by Crippen LogP contribution is -2.35. The molecule has 4 heterocycles. The number of carbonyl (C=O) groups excluding carboxylic acids is 1. The zero-order valence-corrected chi connectivity index (χ0v) is 15.1. The summed E-state index contributed by atoms with van der Waals surface area (Å²) in [6.07, 6.45) is 6.84. The van der Waals surface area contributed by atoms with E-state index < -0.39 is 0 Å². The second-order valence-electron chi connectivity index (χ2n) is 7.11. The van der Waals surface area contributed by atoms with Gasteiger partial charge in [0, 0.05) is 35.1 Å². The Hall–Kier alpha value is -3.22. The molecule has 136 valence electrons. The van der Waals surface area contributed by atoms with E-state index in [1.165, 1.54) is 6.42 Å². The molecule has 7 nitrogen and oxygen atoms in total. The van der Waals surface area contributed by atoms with Crippen molar-refractivity contribution in [2.45, 2.75) is 26.2 Å². The number of nitrogens with one attached hydrogen (secondary N) is 2. The molecule has 0 spiro atoms. The molecule has 0 radical (unpaired) electrons. The molecule has 0 atom stereocenters. The minimum Gasteiger partial charge on any atom is -0.339 e. The van der Waals surface area contributed by atoms with E-state index in [0.717, 1.165) is 64.7 Å². The minimum atomic E-state index is 0.0678. The van der Waals surface area contributed by atoms with Gasteiger partial charge in [0.05, 0.1) is 34.7 Å². The van der Waals surface area contributed by atoms with E-state index in [1.54, 1.807) is 12.4 Å². The number of fused-ring (bicyclic) bond motifs is 3. The zero-order chi connectivity index (χ0) is 18.4. The lowest BCUT2D eigenvalue weighted by atomic mass is 10.00. The number of H-pyrrole nitrogens is 2. The van der Waals surface area contributed by atoms with Crippen LogP contribution in [0, 0.1) is 6.92 Å². The van der Waals surface area contributed by atoms with Crippen molar-refractivity contribution in [3.8, 4) is 11.3 Å². The first-order valence-electron chi connectivity index (χ1n) is 9.29. The zero-order valence-electron chi connectivity index (χ0n) is 15.1. The van der Waals surface area contributed by atoms with Crippen molar-refractivity contribution >= 4 is 27.7 Å². The SMILES string of the molecule is Cc1[nH]ncc1-c1cc(C(=O)N2CCCCC2)c2c(ccc3[nH]ncc32)n1. The largest absolute Gasteiger partial charge is 0.339 e. The van der Waals surface area contributed by atoms with Crippen LogP contribution in [-0.4, -0.2) is 49.3 Å². The van der Waals surface area contributed by atoms with E-state index in [-0.39, 0.29) is 5.91 Å². The van der Waals surface area contributed by atoms with Gasteiger partial charge in [0.1, 0.15) is 0 Å². The summed E-state index contributed by atoms with van der Waals surface area (Å²) in [6, 6.07) is 5.81. The number of rotatable bonds is 2. The van der Waals surface area contributed by atoms with Crippen molar-refractivity contribution < 1.29 is 4.79 Å². The maximum atomic E-state index is 13.4. The van der Waals surface area contributed by atoms with E-state index in [2.05, 4.69) is 20.4 Å². The van der Waals surface area contributed by atoms with Crippen molar-refractivity contribution in [3.63, 3.8) is 0 Å². The maximum Gasteiger partial charge on any atom is 0.254 e. The maximum absolute atomic E-state index is 13.4. The number of carbonyl (C=O) groups is 1. The number of likely N-dealkylation sites (tertiary alicyclic amines) is 1. The van der Waals surface area contributed by atoms with Crippen molar-refractivity contribution in [2.75, 3.05) is 13.1 Å². The van der Waals surface area contributed by atoms with Crippen LogP contribution in [0.1, 0.15) is 35.3 Å². The molecule has 1 amide bonds. The minimum absolute atomic E-state index is 0.0678. The second kappa shape index (κ2) is 6.19. The molecule has 27 heavy (non-hydrogen) atoms. The normalized spacial score (nSPS) is 14.9. The van der Waals surface area contributed by atoms with Gasteiger partial charge in [-0.3, -0.25) is 15.0 Å². The number of benzene rings is 1. The summed E-state index contributed by atoms with van der Waals surface area (Å²) in [4.78, 5) is 20.2. The first-order chi connectivity index (χ1) is 13.2. The molecule has 0 aliphatic carbocycles. The van der Waals surface area contributed by atoms with E-state index >= 15 is 0 Å². The average molecular weight is 360 g/mol. The molecule has 5 rings (SSSR count). The Morgan fingerprint density at radius 1 is 1.07 bits per heavy atom. The van der Waals surface area contributed by atoms with Gasteiger partial charge in [-0.05, 0) is 44.4 Å². The predicted octanol–water partition coefficient (Wildman–Crippen LogP) is 3.44. The molecule has 1 aliphatic rings. The van der Waals surface area contributed by atoms with Gasteiger partial charge in [0.25, 0.3) is 5.91 Å². The van der Waals surface area contributed by atoms with Crippen LogP contribution in [0.3, 0.4) is 0 Å². The number of hydrogen-bond donors (Lipinski definition) is 2. The highest BCUT2D eigenvalue weighted by Crippen LogP contribution is 2.31. The quantitative estimate of drug-likeness (QED) is 0.573. The summed E-state index contributed by atoms with van der Waals surface area (Å²) in [5.41, 5.74) is 4.99. The van der Waals surface area contributed by atoms with Crippen LogP contribution in [-0.2, 0) is 0 Å². The molecule has 1 fully saturated rings. The number of amides is 1. The van der Waals surface area contributed by atoms with E-state index in [1.807, 2.05) is 30.0 Å². The molecule has 0 saturated carbocycles. The lowest BCUT2D eigenvalue weighted by Gasteiger charge is -2.27. The van der Waals surface area contributed by atoms with E-state index in [0.29, 0.717) is 5.56 Å². The molecule has 1 aliphatic heterocycles. The second-order valence-corrected chi connectivity index (χ2v) is 7.11.